The monoisotopic (exact) mass is 1680 g/mol. The summed E-state index contributed by atoms with van der Waals surface area (Å²) in [5, 5.41) is 121. The normalized spacial score (nSPS) is 24.5. The van der Waals surface area contributed by atoms with Crippen molar-refractivity contribution in [2.75, 3.05) is 26.4 Å². The van der Waals surface area contributed by atoms with Gasteiger partial charge in [-0.05, 0) is 83.5 Å². The Morgan fingerprint density at radius 3 is 0.941 bits per heavy atom. The standard InChI is InChI=1S/C100H181NO18/c1-3-5-7-9-11-13-15-17-19-21-23-25-27-29-31-33-35-37-38-39-40-41-42-43-44-46-48-50-52-54-56-58-60-62-64-66-68-70-72-74-76-78-88(106)101-83(84(105)77-75-73-71-69-67-65-63-61-59-57-55-53-51-49-47-45-36-34-32-30-28-26-24-22-20-18-16-14-12-10-8-6-4-2)82-114-98-94(112)91(109)96(86(80-103)116-98)119-100-95(113)92(110)97(87(81-104)117-100)118-99-93(111)90(108)89(107)85(79-102)115-99/h5,7,11,13,17,19,23,25,59,61,67,69,75,77,83-87,89-100,102-105,107-113H,3-4,6,8-10,12,14-16,18,20-22,24,26-58,60,62-66,68,70-74,76,78-82H2,1-2H3,(H,101,106)/b7-5-,13-11-,19-17-,25-23-,61-59+,69-67+,77-75+. The number of aliphatic hydroxyl groups is 11. The molecule has 3 rings (SSSR count). The average molecular weight is 1690 g/mol. The van der Waals surface area contributed by atoms with Crippen LogP contribution in [0.15, 0.2) is 85.1 Å². The molecule has 17 unspecified atom stereocenters. The van der Waals surface area contributed by atoms with Crippen LogP contribution < -0.4 is 5.32 Å². The Morgan fingerprint density at radius 2 is 0.588 bits per heavy atom. The summed E-state index contributed by atoms with van der Waals surface area (Å²) >= 11 is 0. The number of unbranched alkanes of at least 4 members (excludes halogenated alkanes) is 53. The Kier molecular flexibility index (Phi) is 72.6. The fraction of sp³-hybridized carbons (Fsp3) is 0.850. The zero-order valence-electron chi connectivity index (χ0n) is 75.3. The van der Waals surface area contributed by atoms with E-state index in [1.165, 1.54) is 308 Å². The Balaban J connectivity index is 1.29. The van der Waals surface area contributed by atoms with E-state index in [0.29, 0.717) is 12.8 Å². The lowest BCUT2D eigenvalue weighted by Crippen LogP contribution is -2.66. The van der Waals surface area contributed by atoms with Gasteiger partial charge < -0.3 is 89.9 Å². The highest BCUT2D eigenvalue weighted by Crippen LogP contribution is 2.34. The van der Waals surface area contributed by atoms with Gasteiger partial charge in [0, 0.05) is 6.42 Å². The van der Waals surface area contributed by atoms with Crippen LogP contribution in [0.3, 0.4) is 0 Å². The molecule has 0 spiro atoms. The van der Waals surface area contributed by atoms with E-state index < -0.39 is 124 Å². The van der Waals surface area contributed by atoms with Crippen LogP contribution in [-0.2, 0) is 33.2 Å². The van der Waals surface area contributed by atoms with Crippen molar-refractivity contribution in [2.24, 2.45) is 0 Å². The summed E-state index contributed by atoms with van der Waals surface area (Å²) in [4.78, 5) is 13.5. The molecule has 0 bridgehead atoms. The second-order valence-corrected chi connectivity index (χ2v) is 34.8. The molecule has 1 amide bonds. The van der Waals surface area contributed by atoms with Gasteiger partial charge in [0.15, 0.2) is 18.9 Å². The molecule has 3 heterocycles. The van der Waals surface area contributed by atoms with E-state index in [0.717, 1.165) is 70.6 Å². The number of rotatable bonds is 81. The van der Waals surface area contributed by atoms with Gasteiger partial charge in [-0.2, -0.15) is 0 Å². The first kappa shape index (κ1) is 110. The molecule has 0 aliphatic carbocycles. The van der Waals surface area contributed by atoms with Crippen molar-refractivity contribution >= 4 is 5.91 Å². The number of hydrogen-bond donors (Lipinski definition) is 12. The van der Waals surface area contributed by atoms with Gasteiger partial charge in [0.1, 0.15) is 73.2 Å². The molecule has 3 fully saturated rings. The number of carbonyl (C=O) groups is 1. The third kappa shape index (κ3) is 55.9. The number of ether oxygens (including phenoxy) is 6. The Labute approximate surface area is 724 Å². The number of aliphatic hydroxyl groups excluding tert-OH is 11. The molecule has 3 aliphatic heterocycles. The SMILES string of the molecule is CC/C=C\C/C=C\C/C=C\C/C=C\CCCCCCCCCCCCCCCCCCCCCCCCCCCCCCC(=O)NC(COC1OC(CO)C(OC2OC(CO)C(OC3OC(CO)C(O)C(O)C3O)C(O)C2O)C(O)C1O)C(O)/C=C/CC/C=C/CC/C=C/CCCCCCCCCCCCCCCCCCCCCCCCC. The molecular formula is C100H181NO18. The van der Waals surface area contributed by atoms with Crippen molar-refractivity contribution in [3.63, 3.8) is 0 Å². The maximum atomic E-state index is 13.5. The van der Waals surface area contributed by atoms with Gasteiger partial charge in [-0.1, -0.05) is 407 Å². The Hall–Kier alpha value is -3.03. The third-order valence-electron chi connectivity index (χ3n) is 24.2. The Bertz CT molecular complexity index is 2470. The van der Waals surface area contributed by atoms with Crippen LogP contribution in [0.2, 0.25) is 0 Å². The van der Waals surface area contributed by atoms with E-state index in [1.807, 2.05) is 6.08 Å². The maximum Gasteiger partial charge on any atom is 0.220 e. The van der Waals surface area contributed by atoms with Crippen molar-refractivity contribution in [3.05, 3.63) is 85.1 Å². The predicted molar refractivity (Wildman–Crippen MR) is 485 cm³/mol. The van der Waals surface area contributed by atoms with Crippen LogP contribution in [0, 0.1) is 0 Å². The number of nitrogens with one attached hydrogen (secondary N) is 1. The largest absolute Gasteiger partial charge is 0.394 e. The zero-order valence-corrected chi connectivity index (χ0v) is 75.3. The van der Waals surface area contributed by atoms with Gasteiger partial charge in [-0.3, -0.25) is 4.79 Å². The minimum atomic E-state index is -1.99. The molecule has 119 heavy (non-hydrogen) atoms. The lowest BCUT2D eigenvalue weighted by Gasteiger charge is -2.48. The van der Waals surface area contributed by atoms with Gasteiger partial charge in [0.2, 0.25) is 5.91 Å². The number of amides is 1. The molecular weight excluding hydrogens is 1500 g/mol. The first-order valence-corrected chi connectivity index (χ1v) is 49.3. The van der Waals surface area contributed by atoms with Gasteiger partial charge in [-0.15, -0.1) is 0 Å². The summed E-state index contributed by atoms with van der Waals surface area (Å²) in [6, 6.07) is -1.00. The van der Waals surface area contributed by atoms with Crippen molar-refractivity contribution < 1.29 is 89.4 Å². The van der Waals surface area contributed by atoms with Crippen molar-refractivity contribution in [1.82, 2.24) is 5.32 Å². The summed E-state index contributed by atoms with van der Waals surface area (Å²) in [5.74, 6) is -0.283. The lowest BCUT2D eigenvalue weighted by molar-refractivity contribution is -0.379. The molecule has 17 atom stereocenters. The van der Waals surface area contributed by atoms with E-state index in [9.17, 15) is 61.0 Å². The predicted octanol–water partition coefficient (Wildman–Crippen LogP) is 20.4. The van der Waals surface area contributed by atoms with E-state index in [-0.39, 0.29) is 18.9 Å². The first-order valence-electron chi connectivity index (χ1n) is 49.3. The average Bonchev–Trinajstić information content (AvgIpc) is 0.778. The van der Waals surface area contributed by atoms with Crippen LogP contribution in [0.4, 0.5) is 0 Å². The van der Waals surface area contributed by atoms with Crippen LogP contribution in [-0.4, -0.2) is 193 Å². The highest BCUT2D eigenvalue weighted by Gasteiger charge is 2.54. The van der Waals surface area contributed by atoms with Crippen LogP contribution in [0.5, 0.6) is 0 Å². The molecule has 694 valence electrons. The highest BCUT2D eigenvalue weighted by atomic mass is 16.8. The second kappa shape index (κ2) is 78.5. The summed E-state index contributed by atoms with van der Waals surface area (Å²) in [5.41, 5.74) is 0. The molecule has 0 radical (unpaired) electrons. The summed E-state index contributed by atoms with van der Waals surface area (Å²) in [7, 11) is 0. The molecule has 19 nitrogen and oxygen atoms in total. The zero-order chi connectivity index (χ0) is 85.9. The number of allylic oxidation sites excluding steroid dienone is 13. The van der Waals surface area contributed by atoms with Crippen molar-refractivity contribution in [3.8, 4) is 0 Å². The fourth-order valence-electron chi connectivity index (χ4n) is 16.4. The minimum absolute atomic E-state index is 0.234. The molecule has 12 N–H and O–H groups in total. The first-order chi connectivity index (χ1) is 58.3. The summed E-state index contributed by atoms with van der Waals surface area (Å²) < 4.78 is 34.5. The smallest absolute Gasteiger partial charge is 0.220 e. The molecule has 3 aliphatic rings. The van der Waals surface area contributed by atoms with Gasteiger partial charge >= 0.3 is 0 Å². The molecule has 3 saturated heterocycles. The van der Waals surface area contributed by atoms with Crippen LogP contribution in [0.1, 0.15) is 412 Å². The van der Waals surface area contributed by atoms with Gasteiger partial charge in [-0.25, -0.2) is 0 Å². The quantitative estimate of drug-likeness (QED) is 0.0199. The minimum Gasteiger partial charge on any atom is -0.394 e. The maximum absolute atomic E-state index is 13.5. The van der Waals surface area contributed by atoms with Gasteiger partial charge in [0.25, 0.3) is 0 Å². The molecule has 19 heteroatoms. The summed E-state index contributed by atoms with van der Waals surface area (Å²) in [6.07, 6.45) is 82.1. The van der Waals surface area contributed by atoms with E-state index in [2.05, 4.69) is 92.1 Å². The third-order valence-corrected chi connectivity index (χ3v) is 24.2. The van der Waals surface area contributed by atoms with Crippen molar-refractivity contribution in [2.45, 2.75) is 516 Å². The Morgan fingerprint density at radius 1 is 0.311 bits per heavy atom. The number of hydrogen-bond acceptors (Lipinski definition) is 18. The van der Waals surface area contributed by atoms with Crippen LogP contribution in [0.25, 0.3) is 0 Å². The molecule has 0 saturated carbocycles. The van der Waals surface area contributed by atoms with Crippen molar-refractivity contribution in [1.29, 1.82) is 0 Å². The van der Waals surface area contributed by atoms with E-state index >= 15 is 0 Å². The van der Waals surface area contributed by atoms with Crippen LogP contribution >= 0.6 is 0 Å². The molecule has 0 aromatic carbocycles. The molecule has 0 aromatic rings. The van der Waals surface area contributed by atoms with E-state index in [1.54, 1.807) is 6.08 Å². The fourth-order valence-corrected chi connectivity index (χ4v) is 16.4. The summed E-state index contributed by atoms with van der Waals surface area (Å²) in [6.45, 7) is 1.66. The van der Waals surface area contributed by atoms with E-state index in [4.69, 9.17) is 28.4 Å². The second-order valence-electron chi connectivity index (χ2n) is 34.8. The van der Waals surface area contributed by atoms with Gasteiger partial charge in [0.05, 0.1) is 38.6 Å². The molecule has 0 aromatic heterocycles. The lowest BCUT2D eigenvalue weighted by atomic mass is 9.96. The number of carbonyl (C=O) groups excluding carboxylic acids is 1. The highest BCUT2D eigenvalue weighted by molar-refractivity contribution is 5.76. The topological polar surface area (TPSA) is 307 Å².